The number of nitrogens with zero attached hydrogens (tertiary/aromatic N) is 2. The number of hydrogen-bond acceptors (Lipinski definition) is 5. The Morgan fingerprint density at radius 2 is 2.25 bits per heavy atom. The van der Waals surface area contributed by atoms with E-state index in [1.54, 1.807) is 12.1 Å². The van der Waals surface area contributed by atoms with E-state index in [1.807, 2.05) is 0 Å². The molecule has 0 fully saturated rings. The Morgan fingerprint density at radius 1 is 1.45 bits per heavy atom. The lowest BCUT2D eigenvalue weighted by Crippen LogP contribution is -2.32. The van der Waals surface area contributed by atoms with E-state index in [-0.39, 0.29) is 6.54 Å². The molecule has 0 aliphatic rings. The second-order valence-corrected chi connectivity index (χ2v) is 5.44. The molecule has 1 aromatic carbocycles. The fraction of sp³-hybridized carbons (Fsp3) is 0.182. The van der Waals surface area contributed by atoms with Gasteiger partial charge >= 0.3 is 6.03 Å². The molecule has 9 heteroatoms. The number of halogens is 2. The van der Waals surface area contributed by atoms with E-state index in [4.69, 9.17) is 23.2 Å². The molecule has 20 heavy (non-hydrogen) atoms. The summed E-state index contributed by atoms with van der Waals surface area (Å²) in [6, 6.07) is 4.28. The second kappa shape index (κ2) is 6.85. The van der Waals surface area contributed by atoms with Crippen molar-refractivity contribution in [3.05, 3.63) is 39.3 Å². The van der Waals surface area contributed by atoms with E-state index in [9.17, 15) is 9.90 Å². The molecule has 106 valence electrons. The largest absolute Gasteiger partial charge is 0.387 e. The van der Waals surface area contributed by atoms with Gasteiger partial charge in [-0.1, -0.05) is 40.6 Å². The molecule has 2 rings (SSSR count). The predicted octanol–water partition coefficient (Wildman–Crippen LogP) is 2.70. The summed E-state index contributed by atoms with van der Waals surface area (Å²) in [5.41, 5.74) is 1.99. The first-order valence-corrected chi connectivity index (χ1v) is 7.14. The average molecular weight is 333 g/mol. The van der Waals surface area contributed by atoms with E-state index in [0.717, 1.165) is 0 Å². The molecule has 1 atom stereocenters. The fourth-order valence-corrected chi connectivity index (χ4v) is 2.41. The van der Waals surface area contributed by atoms with Crippen LogP contribution in [0.15, 0.2) is 23.7 Å². The van der Waals surface area contributed by atoms with Crippen LogP contribution in [0.3, 0.4) is 0 Å². The number of hydrogen-bond donors (Lipinski definition) is 3. The summed E-state index contributed by atoms with van der Waals surface area (Å²) in [5.74, 6) is 0. The number of aliphatic hydroxyl groups is 1. The molecule has 2 amide bonds. The van der Waals surface area contributed by atoms with Gasteiger partial charge in [0, 0.05) is 22.2 Å². The maximum Gasteiger partial charge on any atom is 0.321 e. The van der Waals surface area contributed by atoms with Crippen LogP contribution in [-0.4, -0.2) is 27.9 Å². The van der Waals surface area contributed by atoms with Gasteiger partial charge in [0.15, 0.2) is 0 Å². The number of benzene rings is 1. The highest BCUT2D eigenvalue weighted by atomic mass is 35.5. The summed E-state index contributed by atoms with van der Waals surface area (Å²) >= 11 is 12.9. The lowest BCUT2D eigenvalue weighted by atomic mass is 10.1. The van der Waals surface area contributed by atoms with Gasteiger partial charge in [0.25, 0.3) is 0 Å². The van der Waals surface area contributed by atoms with Crippen molar-refractivity contribution in [3.63, 3.8) is 0 Å². The highest BCUT2D eigenvalue weighted by Crippen LogP contribution is 2.25. The van der Waals surface area contributed by atoms with Crippen molar-refractivity contribution in [3.8, 4) is 0 Å². The molecule has 3 N–H and O–H groups in total. The summed E-state index contributed by atoms with van der Waals surface area (Å²) in [7, 11) is 0. The summed E-state index contributed by atoms with van der Waals surface area (Å²) in [6.07, 6.45) is -0.931. The Morgan fingerprint density at radius 3 is 2.90 bits per heavy atom. The molecule has 0 spiro atoms. The summed E-state index contributed by atoms with van der Waals surface area (Å²) in [5, 5.41) is 23.4. The van der Waals surface area contributed by atoms with Crippen LogP contribution in [0.4, 0.5) is 9.93 Å². The van der Waals surface area contributed by atoms with Gasteiger partial charge < -0.3 is 10.4 Å². The zero-order chi connectivity index (χ0) is 14.5. The van der Waals surface area contributed by atoms with Gasteiger partial charge in [-0.05, 0) is 12.1 Å². The number of amides is 2. The van der Waals surface area contributed by atoms with Crippen LogP contribution in [0, 0.1) is 0 Å². The number of nitrogens with one attached hydrogen (secondary N) is 2. The van der Waals surface area contributed by atoms with Crippen LogP contribution in [0.2, 0.25) is 10.0 Å². The number of aromatic nitrogens is 2. The SMILES string of the molecule is O=C(NC[C@@H](O)c1ccc(Cl)cc1Cl)Nc1nncs1. The number of rotatable bonds is 4. The van der Waals surface area contributed by atoms with E-state index < -0.39 is 12.1 Å². The minimum absolute atomic E-state index is 0.00594. The molecule has 2 aromatic rings. The number of carbonyl (C=O) groups excluding carboxylic acids is 1. The number of urea groups is 1. The van der Waals surface area contributed by atoms with Crippen molar-refractivity contribution in [1.29, 1.82) is 0 Å². The Balaban J connectivity index is 1.88. The van der Waals surface area contributed by atoms with Crippen LogP contribution >= 0.6 is 34.5 Å². The fourth-order valence-electron chi connectivity index (χ4n) is 1.44. The molecule has 0 radical (unpaired) electrons. The van der Waals surface area contributed by atoms with Crippen LogP contribution in [0.1, 0.15) is 11.7 Å². The maximum absolute atomic E-state index is 11.5. The minimum atomic E-state index is -0.931. The highest BCUT2D eigenvalue weighted by Gasteiger charge is 2.13. The average Bonchev–Trinajstić information content (AvgIpc) is 2.89. The zero-order valence-electron chi connectivity index (χ0n) is 10.0. The molecule has 0 bridgehead atoms. The molecule has 0 saturated carbocycles. The number of carbonyl (C=O) groups is 1. The number of anilines is 1. The minimum Gasteiger partial charge on any atom is -0.387 e. The van der Waals surface area contributed by atoms with Crippen molar-refractivity contribution >= 4 is 45.7 Å². The van der Waals surface area contributed by atoms with Crippen LogP contribution in [-0.2, 0) is 0 Å². The van der Waals surface area contributed by atoms with Crippen molar-refractivity contribution < 1.29 is 9.90 Å². The summed E-state index contributed by atoms with van der Waals surface area (Å²) < 4.78 is 0. The highest BCUT2D eigenvalue weighted by molar-refractivity contribution is 7.13. The Kier molecular flexibility index (Phi) is 5.13. The summed E-state index contributed by atoms with van der Waals surface area (Å²) in [4.78, 5) is 11.5. The lowest BCUT2D eigenvalue weighted by Gasteiger charge is -2.13. The third-order valence-electron chi connectivity index (χ3n) is 2.36. The van der Waals surface area contributed by atoms with E-state index in [1.165, 1.54) is 22.9 Å². The van der Waals surface area contributed by atoms with Crippen LogP contribution in [0.5, 0.6) is 0 Å². The quantitative estimate of drug-likeness (QED) is 0.803. The first-order valence-electron chi connectivity index (χ1n) is 5.50. The van der Waals surface area contributed by atoms with Gasteiger partial charge in [-0.2, -0.15) is 0 Å². The normalized spacial score (nSPS) is 11.9. The molecule has 1 heterocycles. The molecule has 0 saturated heterocycles. The van der Waals surface area contributed by atoms with Crippen molar-refractivity contribution in [1.82, 2.24) is 15.5 Å². The number of aliphatic hydroxyl groups excluding tert-OH is 1. The van der Waals surface area contributed by atoms with Gasteiger partial charge in [-0.3, -0.25) is 5.32 Å². The van der Waals surface area contributed by atoms with E-state index >= 15 is 0 Å². The molecular weight excluding hydrogens is 323 g/mol. The van der Waals surface area contributed by atoms with E-state index in [0.29, 0.717) is 20.7 Å². The Hall–Kier alpha value is -1.41. The third-order valence-corrected chi connectivity index (χ3v) is 3.53. The van der Waals surface area contributed by atoms with Gasteiger partial charge in [0.05, 0.1) is 6.10 Å². The van der Waals surface area contributed by atoms with Crippen molar-refractivity contribution in [2.75, 3.05) is 11.9 Å². The Labute approximate surface area is 128 Å². The van der Waals surface area contributed by atoms with Gasteiger partial charge in [0.1, 0.15) is 5.51 Å². The van der Waals surface area contributed by atoms with Crippen molar-refractivity contribution in [2.24, 2.45) is 0 Å². The molecular formula is C11H10Cl2N4O2S. The molecule has 6 nitrogen and oxygen atoms in total. The molecule has 1 aromatic heterocycles. The van der Waals surface area contributed by atoms with Gasteiger partial charge in [-0.15, -0.1) is 10.2 Å². The van der Waals surface area contributed by atoms with Gasteiger partial charge in [-0.25, -0.2) is 4.79 Å². The molecule has 0 aliphatic heterocycles. The summed E-state index contributed by atoms with van der Waals surface area (Å²) in [6.45, 7) is 0.00594. The predicted molar refractivity (Wildman–Crippen MR) is 78.4 cm³/mol. The topological polar surface area (TPSA) is 87.1 Å². The monoisotopic (exact) mass is 332 g/mol. The lowest BCUT2D eigenvalue weighted by molar-refractivity contribution is 0.175. The van der Waals surface area contributed by atoms with Crippen LogP contribution < -0.4 is 10.6 Å². The maximum atomic E-state index is 11.5. The van der Waals surface area contributed by atoms with Crippen molar-refractivity contribution in [2.45, 2.75) is 6.10 Å². The Bertz CT molecular complexity index is 594. The van der Waals surface area contributed by atoms with Gasteiger partial charge in [0.2, 0.25) is 5.13 Å². The molecule has 0 aliphatic carbocycles. The standard InChI is InChI=1S/C11H10Cl2N4O2S/c12-6-1-2-7(8(13)3-6)9(18)4-14-10(19)16-11-17-15-5-20-11/h1-3,5,9,18H,4H2,(H2,14,16,17,19)/t9-/m1/s1. The first kappa shape index (κ1) is 15.0. The molecule has 0 unspecified atom stereocenters. The second-order valence-electron chi connectivity index (χ2n) is 3.76. The smallest absolute Gasteiger partial charge is 0.321 e. The van der Waals surface area contributed by atoms with E-state index in [2.05, 4.69) is 20.8 Å². The third kappa shape index (κ3) is 4.04. The van der Waals surface area contributed by atoms with Crippen LogP contribution in [0.25, 0.3) is 0 Å². The first-order chi connectivity index (χ1) is 9.56. The zero-order valence-corrected chi connectivity index (χ0v) is 12.3.